The summed E-state index contributed by atoms with van der Waals surface area (Å²) in [6.45, 7) is 0.485. The maximum Gasteiger partial charge on any atom is 0.408 e. The topological polar surface area (TPSA) is 105 Å². The summed E-state index contributed by atoms with van der Waals surface area (Å²) in [5, 5.41) is 6.60. The van der Waals surface area contributed by atoms with Crippen LogP contribution in [0, 0.1) is 5.92 Å². The summed E-state index contributed by atoms with van der Waals surface area (Å²) in [5.41, 5.74) is 1.68. The van der Waals surface area contributed by atoms with Gasteiger partial charge in [-0.25, -0.2) is 4.79 Å². The SMILES string of the molecule is CN(CCc1ccccc1Cl)C(=O)CCC(C=O)NC(=O)C(CC1CCCCC1)NC(=O)OCc1cccc(Cl)c1. The van der Waals surface area contributed by atoms with Gasteiger partial charge in [-0.1, -0.05) is 85.6 Å². The van der Waals surface area contributed by atoms with Crippen LogP contribution >= 0.6 is 23.2 Å². The molecule has 2 unspecified atom stereocenters. The van der Waals surface area contributed by atoms with Crippen molar-refractivity contribution in [2.24, 2.45) is 5.92 Å². The Balaban J connectivity index is 1.52. The fourth-order valence-electron chi connectivity index (χ4n) is 4.99. The largest absolute Gasteiger partial charge is 0.445 e. The zero-order valence-corrected chi connectivity index (χ0v) is 25.0. The fourth-order valence-corrected chi connectivity index (χ4v) is 5.43. The molecule has 2 aromatic carbocycles. The van der Waals surface area contributed by atoms with Gasteiger partial charge in [-0.05, 0) is 54.5 Å². The predicted molar refractivity (Wildman–Crippen MR) is 160 cm³/mol. The van der Waals surface area contributed by atoms with Crippen LogP contribution in [-0.2, 0) is 32.1 Å². The Morgan fingerprint density at radius 1 is 1.05 bits per heavy atom. The molecule has 0 spiro atoms. The van der Waals surface area contributed by atoms with Crippen LogP contribution in [0.5, 0.6) is 0 Å². The highest BCUT2D eigenvalue weighted by molar-refractivity contribution is 6.31. The van der Waals surface area contributed by atoms with Gasteiger partial charge >= 0.3 is 6.09 Å². The maximum absolute atomic E-state index is 13.2. The number of amides is 3. The van der Waals surface area contributed by atoms with E-state index in [0.717, 1.165) is 43.2 Å². The summed E-state index contributed by atoms with van der Waals surface area (Å²) in [5.74, 6) is -0.317. The van der Waals surface area contributed by atoms with Crippen LogP contribution in [0.2, 0.25) is 10.0 Å². The van der Waals surface area contributed by atoms with Crippen LogP contribution in [0.15, 0.2) is 48.5 Å². The van der Waals surface area contributed by atoms with Gasteiger partial charge < -0.3 is 25.1 Å². The summed E-state index contributed by atoms with van der Waals surface area (Å²) in [4.78, 5) is 52.0. The molecule has 0 saturated heterocycles. The van der Waals surface area contributed by atoms with Crippen LogP contribution in [-0.4, -0.2) is 54.8 Å². The lowest BCUT2D eigenvalue weighted by molar-refractivity contribution is -0.131. The van der Waals surface area contributed by atoms with Crippen LogP contribution in [0.4, 0.5) is 4.79 Å². The normalized spacial score (nSPS) is 14.9. The lowest BCUT2D eigenvalue weighted by atomic mass is 9.84. The van der Waals surface area contributed by atoms with Gasteiger partial charge in [-0.3, -0.25) is 9.59 Å². The molecule has 8 nitrogen and oxygen atoms in total. The van der Waals surface area contributed by atoms with Crippen molar-refractivity contribution >= 4 is 47.4 Å². The predicted octanol–water partition coefficient (Wildman–Crippen LogP) is 5.72. The zero-order valence-electron chi connectivity index (χ0n) is 23.5. The van der Waals surface area contributed by atoms with E-state index < -0.39 is 24.1 Å². The van der Waals surface area contributed by atoms with Crippen LogP contribution in [0.1, 0.15) is 62.5 Å². The van der Waals surface area contributed by atoms with E-state index in [0.29, 0.717) is 35.7 Å². The van der Waals surface area contributed by atoms with Gasteiger partial charge in [-0.15, -0.1) is 0 Å². The molecule has 1 aliphatic rings. The second-order valence-corrected chi connectivity index (χ2v) is 11.4. The minimum Gasteiger partial charge on any atom is -0.445 e. The number of nitrogens with one attached hydrogen (secondary N) is 2. The van der Waals surface area contributed by atoms with Crippen LogP contribution in [0.25, 0.3) is 0 Å². The molecule has 3 amide bonds. The number of likely N-dealkylation sites (N-methyl/N-ethyl adjacent to an activating group) is 1. The van der Waals surface area contributed by atoms with E-state index in [2.05, 4.69) is 10.6 Å². The summed E-state index contributed by atoms with van der Waals surface area (Å²) < 4.78 is 5.34. The first-order valence-corrected chi connectivity index (χ1v) is 14.9. The molecule has 2 atom stereocenters. The van der Waals surface area contributed by atoms with E-state index in [9.17, 15) is 19.2 Å². The van der Waals surface area contributed by atoms with Crippen molar-refractivity contribution in [1.82, 2.24) is 15.5 Å². The number of carbonyl (C=O) groups is 4. The standard InChI is InChI=1S/C31H39Cl2N3O5/c1-36(17-16-24-11-5-6-13-27(24)33)29(38)15-14-26(20-37)34-30(39)28(19-22-8-3-2-4-9-22)35-31(40)41-21-23-10-7-12-25(32)18-23/h5-7,10-13,18,20,22,26,28H,2-4,8-9,14-17,19,21H2,1H3,(H,34,39)(H,35,40). The van der Waals surface area contributed by atoms with Gasteiger partial charge in [0.25, 0.3) is 0 Å². The number of halogens is 2. The number of alkyl carbamates (subject to hydrolysis) is 1. The number of ether oxygens (including phenoxy) is 1. The van der Waals surface area contributed by atoms with Gasteiger partial charge in [0, 0.05) is 30.1 Å². The van der Waals surface area contributed by atoms with Crippen molar-refractivity contribution in [2.45, 2.75) is 76.5 Å². The molecule has 0 heterocycles. The summed E-state index contributed by atoms with van der Waals surface area (Å²) in [7, 11) is 1.70. The Morgan fingerprint density at radius 3 is 2.51 bits per heavy atom. The average molecular weight is 605 g/mol. The highest BCUT2D eigenvalue weighted by atomic mass is 35.5. The summed E-state index contributed by atoms with van der Waals surface area (Å²) in [6.07, 6.45) is 6.50. The molecule has 0 aromatic heterocycles. The molecular weight excluding hydrogens is 565 g/mol. The maximum atomic E-state index is 13.2. The Kier molecular flexibility index (Phi) is 13.4. The van der Waals surface area contributed by atoms with E-state index >= 15 is 0 Å². The molecule has 2 N–H and O–H groups in total. The molecule has 2 aromatic rings. The van der Waals surface area contributed by atoms with Crippen LogP contribution in [0.3, 0.4) is 0 Å². The molecule has 1 aliphatic carbocycles. The molecular formula is C31H39Cl2N3O5. The number of rotatable bonds is 14. The van der Waals surface area contributed by atoms with Crippen molar-refractivity contribution in [2.75, 3.05) is 13.6 Å². The van der Waals surface area contributed by atoms with Gasteiger partial charge in [0.1, 0.15) is 18.9 Å². The first kappa shape index (κ1) is 32.4. The molecule has 1 saturated carbocycles. The van der Waals surface area contributed by atoms with E-state index in [-0.39, 0.29) is 31.3 Å². The van der Waals surface area contributed by atoms with E-state index in [4.69, 9.17) is 27.9 Å². The molecule has 0 radical (unpaired) electrons. The second-order valence-electron chi connectivity index (χ2n) is 10.6. The number of carbonyl (C=O) groups excluding carboxylic acids is 4. The van der Waals surface area contributed by atoms with Crippen LogP contribution < -0.4 is 10.6 Å². The van der Waals surface area contributed by atoms with E-state index in [1.165, 1.54) is 0 Å². The van der Waals surface area contributed by atoms with E-state index in [1.807, 2.05) is 24.3 Å². The number of benzene rings is 2. The number of hydrogen-bond donors (Lipinski definition) is 2. The molecule has 1 fully saturated rings. The van der Waals surface area contributed by atoms with Gasteiger partial charge in [-0.2, -0.15) is 0 Å². The van der Waals surface area contributed by atoms with Gasteiger partial charge in [0.05, 0.1) is 6.04 Å². The summed E-state index contributed by atoms with van der Waals surface area (Å²) in [6, 6.07) is 12.7. The Labute approximate surface area is 252 Å². The highest BCUT2D eigenvalue weighted by Crippen LogP contribution is 2.27. The Bertz CT molecular complexity index is 1170. The molecule has 0 bridgehead atoms. The van der Waals surface area contributed by atoms with Gasteiger partial charge in [0.15, 0.2) is 0 Å². The first-order valence-electron chi connectivity index (χ1n) is 14.2. The zero-order chi connectivity index (χ0) is 29.6. The number of nitrogens with zero attached hydrogens (tertiary/aromatic N) is 1. The molecule has 0 aliphatic heterocycles. The fraction of sp³-hybridized carbons (Fsp3) is 0.484. The third-order valence-corrected chi connectivity index (χ3v) is 8.03. The minimum atomic E-state index is -0.860. The molecule has 3 rings (SSSR count). The lowest BCUT2D eigenvalue weighted by Gasteiger charge is -2.27. The minimum absolute atomic E-state index is 0.00717. The molecule has 10 heteroatoms. The monoisotopic (exact) mass is 603 g/mol. The van der Waals surface area contributed by atoms with Crippen molar-refractivity contribution in [3.8, 4) is 0 Å². The molecule has 41 heavy (non-hydrogen) atoms. The third kappa shape index (κ3) is 11.4. The smallest absolute Gasteiger partial charge is 0.408 e. The average Bonchev–Trinajstić information content (AvgIpc) is 2.97. The Hall–Kier alpha value is -3.10. The summed E-state index contributed by atoms with van der Waals surface area (Å²) >= 11 is 12.2. The van der Waals surface area contributed by atoms with Gasteiger partial charge in [0.2, 0.25) is 11.8 Å². The second kappa shape index (κ2) is 17.0. The van der Waals surface area contributed by atoms with Crippen molar-refractivity contribution < 1.29 is 23.9 Å². The van der Waals surface area contributed by atoms with E-state index in [1.54, 1.807) is 36.2 Å². The molecule has 222 valence electrons. The van der Waals surface area contributed by atoms with Crippen molar-refractivity contribution in [3.63, 3.8) is 0 Å². The Morgan fingerprint density at radius 2 is 1.80 bits per heavy atom. The number of hydrogen-bond acceptors (Lipinski definition) is 5. The van der Waals surface area contributed by atoms with Crippen molar-refractivity contribution in [1.29, 1.82) is 0 Å². The highest BCUT2D eigenvalue weighted by Gasteiger charge is 2.28. The first-order chi connectivity index (χ1) is 19.7. The van der Waals surface area contributed by atoms with Crippen molar-refractivity contribution in [3.05, 3.63) is 69.7 Å². The number of aldehydes is 1. The third-order valence-electron chi connectivity index (χ3n) is 7.42. The quantitative estimate of drug-likeness (QED) is 0.269. The lowest BCUT2D eigenvalue weighted by Crippen LogP contribution is -2.51.